The molecular weight excluding hydrogens is 349 g/mol. The molecule has 1 unspecified atom stereocenters. The Balaban J connectivity index is 0.00000208. The number of halogens is 2. The van der Waals surface area contributed by atoms with Gasteiger partial charge in [-0.1, -0.05) is 41.9 Å². The van der Waals surface area contributed by atoms with Crippen molar-refractivity contribution in [1.82, 2.24) is 10.1 Å². The first-order valence-corrected chi connectivity index (χ1v) is 8.03. The summed E-state index contributed by atoms with van der Waals surface area (Å²) in [5, 5.41) is 4.61. The van der Waals surface area contributed by atoms with Crippen LogP contribution in [0.5, 0.6) is 0 Å². The van der Waals surface area contributed by atoms with Crippen LogP contribution in [0.25, 0.3) is 11.3 Å². The minimum Gasteiger partial charge on any atom is -0.360 e. The maximum absolute atomic E-state index is 13.0. The van der Waals surface area contributed by atoms with Crippen molar-refractivity contribution in [3.05, 3.63) is 40.6 Å². The number of likely N-dealkylation sites (tertiary alicyclic amines) is 1. The Kier molecular flexibility index (Phi) is 5.58. The van der Waals surface area contributed by atoms with Crippen LogP contribution in [0.2, 0.25) is 5.02 Å². The van der Waals surface area contributed by atoms with E-state index in [2.05, 4.69) is 12.1 Å². The minimum absolute atomic E-state index is 0. The number of hydrogen-bond donors (Lipinski definition) is 1. The van der Waals surface area contributed by atoms with Crippen LogP contribution in [0, 0.1) is 12.3 Å². The van der Waals surface area contributed by atoms with E-state index in [1.165, 1.54) is 0 Å². The molecular formula is C17H21Cl2N3O2. The van der Waals surface area contributed by atoms with E-state index in [0.717, 1.165) is 6.42 Å². The molecule has 7 heteroatoms. The second-order valence-corrected chi connectivity index (χ2v) is 6.84. The molecule has 0 saturated carbocycles. The van der Waals surface area contributed by atoms with Crippen molar-refractivity contribution in [2.45, 2.75) is 20.3 Å². The van der Waals surface area contributed by atoms with Crippen molar-refractivity contribution in [2.24, 2.45) is 11.1 Å². The van der Waals surface area contributed by atoms with Gasteiger partial charge in [-0.15, -0.1) is 12.4 Å². The molecule has 0 radical (unpaired) electrons. The Morgan fingerprint density at radius 3 is 2.79 bits per heavy atom. The topological polar surface area (TPSA) is 72.4 Å². The molecule has 3 rings (SSSR count). The van der Waals surface area contributed by atoms with Crippen LogP contribution >= 0.6 is 24.0 Å². The molecule has 5 nitrogen and oxygen atoms in total. The van der Waals surface area contributed by atoms with Gasteiger partial charge in [-0.3, -0.25) is 4.79 Å². The van der Waals surface area contributed by atoms with Crippen LogP contribution in [-0.2, 0) is 0 Å². The fraction of sp³-hybridized carbons (Fsp3) is 0.412. The monoisotopic (exact) mass is 369 g/mol. The SMILES string of the molecule is Cc1onc(-c2ccccc2Cl)c1C(=O)N1CCC(C)(CN)C1.Cl. The molecule has 130 valence electrons. The van der Waals surface area contributed by atoms with Gasteiger partial charge < -0.3 is 15.2 Å². The Morgan fingerprint density at radius 1 is 1.46 bits per heavy atom. The molecule has 0 aliphatic carbocycles. The molecule has 1 atom stereocenters. The summed E-state index contributed by atoms with van der Waals surface area (Å²) in [5.74, 6) is 0.433. The molecule has 1 aromatic heterocycles. The van der Waals surface area contributed by atoms with E-state index in [-0.39, 0.29) is 23.7 Å². The molecule has 0 bridgehead atoms. The highest BCUT2D eigenvalue weighted by molar-refractivity contribution is 6.33. The Hall–Kier alpha value is -1.56. The van der Waals surface area contributed by atoms with Crippen molar-refractivity contribution in [3.8, 4) is 11.3 Å². The number of aromatic nitrogens is 1. The maximum Gasteiger partial charge on any atom is 0.259 e. The third-order valence-electron chi connectivity index (χ3n) is 4.54. The number of benzene rings is 1. The quantitative estimate of drug-likeness (QED) is 0.897. The van der Waals surface area contributed by atoms with Crippen molar-refractivity contribution in [1.29, 1.82) is 0 Å². The van der Waals surface area contributed by atoms with Crippen LogP contribution < -0.4 is 5.73 Å². The number of carbonyl (C=O) groups is 1. The van der Waals surface area contributed by atoms with E-state index in [4.69, 9.17) is 21.9 Å². The summed E-state index contributed by atoms with van der Waals surface area (Å²) >= 11 is 6.25. The van der Waals surface area contributed by atoms with Gasteiger partial charge in [0.25, 0.3) is 5.91 Å². The average Bonchev–Trinajstić information content (AvgIpc) is 3.11. The van der Waals surface area contributed by atoms with Gasteiger partial charge >= 0.3 is 0 Å². The van der Waals surface area contributed by atoms with Crippen LogP contribution in [0.3, 0.4) is 0 Å². The lowest BCUT2D eigenvalue weighted by atomic mass is 9.90. The molecule has 0 spiro atoms. The summed E-state index contributed by atoms with van der Waals surface area (Å²) in [7, 11) is 0. The number of aryl methyl sites for hydroxylation is 1. The lowest BCUT2D eigenvalue weighted by molar-refractivity contribution is 0.0776. The third kappa shape index (κ3) is 3.29. The summed E-state index contributed by atoms with van der Waals surface area (Å²) in [6.07, 6.45) is 0.904. The Bertz CT molecular complexity index is 747. The predicted octanol–water partition coefficient (Wildman–Crippen LogP) is 3.54. The highest BCUT2D eigenvalue weighted by Gasteiger charge is 2.37. The van der Waals surface area contributed by atoms with Gasteiger partial charge in [0.1, 0.15) is 17.0 Å². The average molecular weight is 370 g/mol. The zero-order valence-corrected chi connectivity index (χ0v) is 15.3. The van der Waals surface area contributed by atoms with Crippen LogP contribution in [0.15, 0.2) is 28.8 Å². The fourth-order valence-electron chi connectivity index (χ4n) is 2.98. The fourth-order valence-corrected chi connectivity index (χ4v) is 3.21. The second-order valence-electron chi connectivity index (χ2n) is 6.43. The number of carbonyl (C=O) groups excluding carboxylic acids is 1. The number of nitrogens with zero attached hydrogens (tertiary/aromatic N) is 2. The molecule has 24 heavy (non-hydrogen) atoms. The molecule has 2 heterocycles. The zero-order chi connectivity index (χ0) is 16.6. The van der Waals surface area contributed by atoms with Gasteiger partial charge in [0, 0.05) is 18.7 Å². The first-order chi connectivity index (χ1) is 10.9. The van der Waals surface area contributed by atoms with Gasteiger partial charge in [0.2, 0.25) is 0 Å². The summed E-state index contributed by atoms with van der Waals surface area (Å²) in [5.41, 5.74) is 7.50. The van der Waals surface area contributed by atoms with Crippen molar-refractivity contribution < 1.29 is 9.32 Å². The smallest absolute Gasteiger partial charge is 0.259 e. The lowest BCUT2D eigenvalue weighted by Crippen LogP contribution is -2.34. The highest BCUT2D eigenvalue weighted by Crippen LogP contribution is 2.34. The number of amides is 1. The standard InChI is InChI=1S/C17H20ClN3O2.ClH/c1-11-14(16(22)21-8-7-17(2,9-19)10-21)15(20-23-11)12-5-3-4-6-13(12)18;/h3-6H,7-10,19H2,1-2H3;1H. The molecule has 1 aliphatic rings. The molecule has 2 aromatic rings. The van der Waals surface area contributed by atoms with Crippen LogP contribution in [-0.4, -0.2) is 35.6 Å². The molecule has 1 fully saturated rings. The van der Waals surface area contributed by atoms with Gasteiger partial charge in [-0.2, -0.15) is 0 Å². The number of nitrogens with two attached hydrogens (primary N) is 1. The van der Waals surface area contributed by atoms with Gasteiger partial charge in [-0.05, 0) is 31.4 Å². The predicted molar refractivity (Wildman–Crippen MR) is 96.6 cm³/mol. The third-order valence-corrected chi connectivity index (χ3v) is 4.87. The Morgan fingerprint density at radius 2 is 2.17 bits per heavy atom. The highest BCUT2D eigenvalue weighted by atomic mass is 35.5. The lowest BCUT2D eigenvalue weighted by Gasteiger charge is -2.22. The molecule has 1 amide bonds. The summed E-state index contributed by atoms with van der Waals surface area (Å²) in [4.78, 5) is 14.8. The van der Waals surface area contributed by atoms with Crippen LogP contribution in [0.1, 0.15) is 29.5 Å². The Labute approximate surface area is 152 Å². The minimum atomic E-state index is -0.0733. The summed E-state index contributed by atoms with van der Waals surface area (Å²) in [6.45, 7) is 5.76. The number of rotatable bonds is 3. The van der Waals surface area contributed by atoms with E-state index < -0.39 is 0 Å². The first-order valence-electron chi connectivity index (χ1n) is 7.66. The van der Waals surface area contributed by atoms with E-state index in [1.807, 2.05) is 23.1 Å². The maximum atomic E-state index is 13.0. The summed E-state index contributed by atoms with van der Waals surface area (Å²) < 4.78 is 5.28. The van der Waals surface area contributed by atoms with E-state index in [0.29, 0.717) is 47.2 Å². The molecule has 1 saturated heterocycles. The van der Waals surface area contributed by atoms with Gasteiger partial charge in [0.15, 0.2) is 0 Å². The van der Waals surface area contributed by atoms with E-state index in [1.54, 1.807) is 13.0 Å². The van der Waals surface area contributed by atoms with Gasteiger partial charge in [0.05, 0.1) is 5.02 Å². The van der Waals surface area contributed by atoms with Crippen molar-refractivity contribution >= 4 is 29.9 Å². The molecule has 1 aliphatic heterocycles. The van der Waals surface area contributed by atoms with Crippen molar-refractivity contribution in [2.75, 3.05) is 19.6 Å². The van der Waals surface area contributed by atoms with Crippen molar-refractivity contribution in [3.63, 3.8) is 0 Å². The normalized spacial score (nSPS) is 20.1. The molecule has 1 aromatic carbocycles. The van der Waals surface area contributed by atoms with E-state index >= 15 is 0 Å². The number of hydrogen-bond acceptors (Lipinski definition) is 4. The van der Waals surface area contributed by atoms with E-state index in [9.17, 15) is 4.79 Å². The first kappa shape index (κ1) is 18.8. The largest absolute Gasteiger partial charge is 0.360 e. The van der Waals surface area contributed by atoms with Crippen LogP contribution in [0.4, 0.5) is 0 Å². The second kappa shape index (κ2) is 7.13. The summed E-state index contributed by atoms with van der Waals surface area (Å²) in [6, 6.07) is 7.31. The molecule has 2 N–H and O–H groups in total. The zero-order valence-electron chi connectivity index (χ0n) is 13.7. The van der Waals surface area contributed by atoms with Gasteiger partial charge in [-0.25, -0.2) is 0 Å².